The van der Waals surface area contributed by atoms with Gasteiger partial charge < -0.3 is 19.9 Å². The van der Waals surface area contributed by atoms with Gasteiger partial charge in [0.05, 0.1) is 7.11 Å². The van der Waals surface area contributed by atoms with Crippen molar-refractivity contribution < 1.29 is 9.53 Å². The number of benzene rings is 1. The summed E-state index contributed by atoms with van der Waals surface area (Å²) in [5, 5.41) is 3.15. The average molecular weight is 331 g/mol. The number of rotatable bonds is 4. The molecule has 2 aliphatic rings. The Morgan fingerprint density at radius 2 is 2.17 bits per heavy atom. The Bertz CT molecular complexity index is 563. The number of carbonyl (C=O) groups excluding carboxylic acids is 1. The van der Waals surface area contributed by atoms with Crippen molar-refractivity contribution in [2.24, 2.45) is 11.8 Å². The molecule has 0 saturated carbocycles. The van der Waals surface area contributed by atoms with Crippen LogP contribution in [0.2, 0.25) is 0 Å². The molecule has 2 atom stereocenters. The van der Waals surface area contributed by atoms with Crippen LogP contribution < -0.4 is 15.0 Å². The molecular weight excluding hydrogens is 302 g/mol. The van der Waals surface area contributed by atoms with Crippen LogP contribution in [-0.2, 0) is 0 Å². The molecule has 5 nitrogen and oxygen atoms in total. The number of piperidine rings is 1. The summed E-state index contributed by atoms with van der Waals surface area (Å²) < 4.78 is 5.31. The van der Waals surface area contributed by atoms with Crippen LogP contribution in [0.5, 0.6) is 5.75 Å². The molecule has 3 rings (SSSR count). The monoisotopic (exact) mass is 331 g/mol. The molecule has 132 valence electrons. The molecule has 0 radical (unpaired) electrons. The van der Waals surface area contributed by atoms with Gasteiger partial charge in [-0.3, -0.25) is 0 Å². The van der Waals surface area contributed by atoms with E-state index in [-0.39, 0.29) is 6.03 Å². The minimum Gasteiger partial charge on any atom is -0.497 e. The molecular formula is C19H29N3O2. The van der Waals surface area contributed by atoms with Crippen molar-refractivity contribution in [1.82, 2.24) is 10.2 Å². The Kier molecular flexibility index (Phi) is 5.48. The van der Waals surface area contributed by atoms with Crippen LogP contribution in [0.15, 0.2) is 24.3 Å². The first kappa shape index (κ1) is 16.9. The van der Waals surface area contributed by atoms with Gasteiger partial charge in [-0.2, -0.15) is 0 Å². The summed E-state index contributed by atoms with van der Waals surface area (Å²) in [4.78, 5) is 16.7. The number of urea groups is 1. The molecule has 2 heterocycles. The van der Waals surface area contributed by atoms with E-state index in [1.807, 2.05) is 17.0 Å². The molecule has 1 aromatic carbocycles. The molecule has 0 spiro atoms. The lowest BCUT2D eigenvalue weighted by molar-refractivity contribution is 0.168. The van der Waals surface area contributed by atoms with E-state index >= 15 is 0 Å². The maximum atomic E-state index is 12.3. The normalized spacial score (nSPS) is 24.1. The number of methoxy groups -OCH3 is 1. The number of hydrogen-bond acceptors (Lipinski definition) is 3. The molecule has 0 aromatic heterocycles. The van der Waals surface area contributed by atoms with Gasteiger partial charge in [-0.15, -0.1) is 0 Å². The Balaban J connectivity index is 1.46. The molecule has 2 aliphatic heterocycles. The number of likely N-dealkylation sites (tertiary alicyclic amines) is 1. The molecule has 0 bridgehead atoms. The fourth-order valence-electron chi connectivity index (χ4n) is 3.76. The topological polar surface area (TPSA) is 44.8 Å². The number of nitrogens with zero attached hydrogens (tertiary/aromatic N) is 2. The SMILES string of the molecule is COc1cccc(N2CC[C@H](CNC(=O)N3CCC[C@@H](C)C3)C2)c1. The standard InChI is InChI=1S/C19H29N3O2/c1-15-5-4-9-22(13-15)19(23)20-12-16-8-10-21(14-16)17-6-3-7-18(11-17)24-2/h3,6-7,11,15-16H,4-5,8-10,12-14H2,1-2H3,(H,20,23)/t15-,16-/m1/s1. The van der Waals surface area contributed by atoms with Crippen LogP contribution in [0.3, 0.4) is 0 Å². The van der Waals surface area contributed by atoms with E-state index in [4.69, 9.17) is 4.74 Å². The summed E-state index contributed by atoms with van der Waals surface area (Å²) in [7, 11) is 1.70. The minimum atomic E-state index is 0.112. The van der Waals surface area contributed by atoms with Crippen LogP contribution in [0.25, 0.3) is 0 Å². The molecule has 1 aromatic rings. The summed E-state index contributed by atoms with van der Waals surface area (Å²) in [6.45, 7) is 6.81. The second kappa shape index (κ2) is 7.77. The van der Waals surface area contributed by atoms with E-state index < -0.39 is 0 Å². The Labute approximate surface area is 145 Å². The molecule has 2 fully saturated rings. The highest BCUT2D eigenvalue weighted by Crippen LogP contribution is 2.26. The first-order valence-electron chi connectivity index (χ1n) is 9.07. The zero-order valence-electron chi connectivity index (χ0n) is 14.8. The van der Waals surface area contributed by atoms with Crippen LogP contribution in [0, 0.1) is 11.8 Å². The van der Waals surface area contributed by atoms with Gasteiger partial charge in [-0.1, -0.05) is 13.0 Å². The summed E-state index contributed by atoms with van der Waals surface area (Å²) >= 11 is 0. The van der Waals surface area contributed by atoms with Gasteiger partial charge in [-0.05, 0) is 43.2 Å². The second-order valence-corrected chi connectivity index (χ2v) is 7.18. The predicted octanol–water partition coefficient (Wildman–Crippen LogP) is 2.96. The number of amides is 2. The molecule has 24 heavy (non-hydrogen) atoms. The molecule has 2 saturated heterocycles. The van der Waals surface area contributed by atoms with Crippen LogP contribution in [0.1, 0.15) is 26.2 Å². The Morgan fingerprint density at radius 3 is 2.96 bits per heavy atom. The van der Waals surface area contributed by atoms with E-state index in [1.54, 1.807) is 7.11 Å². The fraction of sp³-hybridized carbons (Fsp3) is 0.632. The van der Waals surface area contributed by atoms with Crippen molar-refractivity contribution in [3.8, 4) is 5.75 Å². The summed E-state index contributed by atoms with van der Waals surface area (Å²) in [5.41, 5.74) is 1.20. The van der Waals surface area contributed by atoms with Gasteiger partial charge in [0.1, 0.15) is 5.75 Å². The van der Waals surface area contributed by atoms with Crippen LogP contribution >= 0.6 is 0 Å². The molecule has 0 aliphatic carbocycles. The van der Waals surface area contributed by atoms with Gasteiger partial charge in [0.15, 0.2) is 0 Å². The van der Waals surface area contributed by atoms with Crippen molar-refractivity contribution in [2.75, 3.05) is 44.7 Å². The van der Waals surface area contributed by atoms with E-state index in [0.717, 1.165) is 51.3 Å². The highest BCUT2D eigenvalue weighted by molar-refractivity contribution is 5.74. The van der Waals surface area contributed by atoms with Crippen molar-refractivity contribution in [3.05, 3.63) is 24.3 Å². The largest absolute Gasteiger partial charge is 0.497 e. The summed E-state index contributed by atoms with van der Waals surface area (Å²) in [5.74, 6) is 2.03. The van der Waals surface area contributed by atoms with E-state index in [2.05, 4.69) is 29.3 Å². The lowest BCUT2D eigenvalue weighted by atomic mass is 10.0. The third-order valence-corrected chi connectivity index (χ3v) is 5.19. The molecule has 2 amide bonds. The Morgan fingerprint density at radius 1 is 1.29 bits per heavy atom. The lowest BCUT2D eigenvalue weighted by Gasteiger charge is -2.31. The number of anilines is 1. The van der Waals surface area contributed by atoms with E-state index in [1.165, 1.54) is 12.1 Å². The van der Waals surface area contributed by atoms with Crippen molar-refractivity contribution in [1.29, 1.82) is 0 Å². The summed E-state index contributed by atoms with van der Waals surface area (Å²) in [6, 6.07) is 8.31. The molecule has 0 unspecified atom stereocenters. The molecule has 5 heteroatoms. The highest BCUT2D eigenvalue weighted by Gasteiger charge is 2.25. The predicted molar refractivity (Wildman–Crippen MR) is 96.7 cm³/mol. The zero-order chi connectivity index (χ0) is 16.9. The van der Waals surface area contributed by atoms with E-state index in [9.17, 15) is 4.79 Å². The minimum absolute atomic E-state index is 0.112. The maximum absolute atomic E-state index is 12.3. The highest BCUT2D eigenvalue weighted by atomic mass is 16.5. The third kappa shape index (κ3) is 4.13. The maximum Gasteiger partial charge on any atom is 0.317 e. The van der Waals surface area contributed by atoms with Crippen molar-refractivity contribution in [2.45, 2.75) is 26.2 Å². The lowest BCUT2D eigenvalue weighted by Crippen LogP contribution is -2.46. The van der Waals surface area contributed by atoms with E-state index in [0.29, 0.717) is 11.8 Å². The van der Waals surface area contributed by atoms with Gasteiger partial charge >= 0.3 is 6.03 Å². The summed E-state index contributed by atoms with van der Waals surface area (Å²) in [6.07, 6.45) is 3.48. The quantitative estimate of drug-likeness (QED) is 0.922. The number of carbonyl (C=O) groups is 1. The van der Waals surface area contributed by atoms with Crippen LogP contribution in [0.4, 0.5) is 10.5 Å². The third-order valence-electron chi connectivity index (χ3n) is 5.19. The Hall–Kier alpha value is -1.91. The second-order valence-electron chi connectivity index (χ2n) is 7.18. The first-order valence-corrected chi connectivity index (χ1v) is 9.07. The van der Waals surface area contributed by atoms with Gasteiger partial charge in [0.2, 0.25) is 0 Å². The number of ether oxygens (including phenoxy) is 1. The smallest absolute Gasteiger partial charge is 0.317 e. The van der Waals surface area contributed by atoms with Crippen molar-refractivity contribution >= 4 is 11.7 Å². The first-order chi connectivity index (χ1) is 11.7. The number of nitrogens with one attached hydrogen (secondary N) is 1. The van der Waals surface area contributed by atoms with Gasteiger partial charge in [0, 0.05) is 44.5 Å². The zero-order valence-corrected chi connectivity index (χ0v) is 14.8. The van der Waals surface area contributed by atoms with Crippen LogP contribution in [-0.4, -0.2) is 50.8 Å². The molecule has 1 N–H and O–H groups in total. The van der Waals surface area contributed by atoms with Gasteiger partial charge in [-0.25, -0.2) is 4.79 Å². The van der Waals surface area contributed by atoms with Crippen molar-refractivity contribution in [3.63, 3.8) is 0 Å². The number of hydrogen-bond donors (Lipinski definition) is 1. The van der Waals surface area contributed by atoms with Gasteiger partial charge in [0.25, 0.3) is 0 Å². The fourth-order valence-corrected chi connectivity index (χ4v) is 3.76. The average Bonchev–Trinajstić information content (AvgIpc) is 3.09.